The molecule has 100 valence electrons. The molecule has 0 aliphatic carbocycles. The van der Waals surface area contributed by atoms with Gasteiger partial charge < -0.3 is 15.3 Å². The number of piperidine rings is 1. The van der Waals surface area contributed by atoms with Crippen molar-refractivity contribution in [3.63, 3.8) is 0 Å². The van der Waals surface area contributed by atoms with E-state index in [2.05, 4.69) is 17.3 Å². The van der Waals surface area contributed by atoms with Crippen LogP contribution in [0.25, 0.3) is 0 Å². The van der Waals surface area contributed by atoms with Gasteiger partial charge in [-0.25, -0.2) is 0 Å². The summed E-state index contributed by atoms with van der Waals surface area (Å²) in [4.78, 5) is 2.37. The molecule has 1 aliphatic heterocycles. The molecule has 0 unspecified atom stereocenters. The van der Waals surface area contributed by atoms with Crippen molar-refractivity contribution in [3.8, 4) is 5.75 Å². The van der Waals surface area contributed by atoms with Crippen LogP contribution in [-0.2, 0) is 6.54 Å². The summed E-state index contributed by atoms with van der Waals surface area (Å²) >= 11 is 5.92. The van der Waals surface area contributed by atoms with Crippen LogP contribution in [-0.4, -0.2) is 36.7 Å². The molecule has 18 heavy (non-hydrogen) atoms. The molecule has 0 aromatic heterocycles. The zero-order chi connectivity index (χ0) is 13.0. The maximum Gasteiger partial charge on any atom is 0.120 e. The highest BCUT2D eigenvalue weighted by molar-refractivity contribution is 6.30. The van der Waals surface area contributed by atoms with Gasteiger partial charge in [-0.2, -0.15) is 0 Å². The number of phenolic OH excluding ortho intramolecular Hbond substituents is 1. The summed E-state index contributed by atoms with van der Waals surface area (Å²) in [5, 5.41) is 13.8. The number of likely N-dealkylation sites (tertiary alicyclic amines) is 1. The molecular weight excluding hydrogens is 248 g/mol. The molecule has 0 amide bonds. The van der Waals surface area contributed by atoms with Gasteiger partial charge in [0.15, 0.2) is 0 Å². The average molecular weight is 269 g/mol. The first-order chi connectivity index (χ1) is 8.65. The molecule has 2 N–H and O–H groups in total. The Morgan fingerprint density at radius 3 is 2.83 bits per heavy atom. The lowest BCUT2D eigenvalue weighted by Crippen LogP contribution is -2.34. The zero-order valence-electron chi connectivity index (χ0n) is 10.8. The number of rotatable bonds is 4. The standard InChI is InChI=1S/C14H21ClN2O/c1-17-6-4-11(5-7-17)9-16-10-12-8-13(15)2-3-14(12)18/h2-3,8,11,16,18H,4-7,9-10H2,1H3. The number of hydrogen-bond donors (Lipinski definition) is 2. The van der Waals surface area contributed by atoms with Gasteiger partial charge in [0.25, 0.3) is 0 Å². The average Bonchev–Trinajstić information content (AvgIpc) is 2.36. The number of nitrogens with zero attached hydrogens (tertiary/aromatic N) is 1. The number of aromatic hydroxyl groups is 1. The van der Waals surface area contributed by atoms with Crippen LogP contribution in [0.2, 0.25) is 5.02 Å². The minimum Gasteiger partial charge on any atom is -0.508 e. The first kappa shape index (κ1) is 13.7. The molecule has 1 heterocycles. The van der Waals surface area contributed by atoms with Gasteiger partial charge >= 0.3 is 0 Å². The summed E-state index contributed by atoms with van der Waals surface area (Å²) in [6.45, 7) is 4.07. The van der Waals surface area contributed by atoms with E-state index in [0.717, 1.165) is 18.0 Å². The predicted molar refractivity (Wildman–Crippen MR) is 75.0 cm³/mol. The highest BCUT2D eigenvalue weighted by Gasteiger charge is 2.16. The van der Waals surface area contributed by atoms with Gasteiger partial charge in [0.05, 0.1) is 0 Å². The molecule has 2 rings (SSSR count). The Balaban J connectivity index is 1.76. The Bertz CT molecular complexity index is 389. The van der Waals surface area contributed by atoms with E-state index in [1.165, 1.54) is 25.9 Å². The number of benzene rings is 1. The van der Waals surface area contributed by atoms with E-state index in [-0.39, 0.29) is 0 Å². The van der Waals surface area contributed by atoms with Crippen molar-refractivity contribution in [1.82, 2.24) is 10.2 Å². The first-order valence-corrected chi connectivity index (χ1v) is 6.89. The monoisotopic (exact) mass is 268 g/mol. The van der Waals surface area contributed by atoms with Crippen LogP contribution in [0.15, 0.2) is 18.2 Å². The van der Waals surface area contributed by atoms with Crippen molar-refractivity contribution in [2.45, 2.75) is 19.4 Å². The Morgan fingerprint density at radius 1 is 1.39 bits per heavy atom. The fourth-order valence-corrected chi connectivity index (χ4v) is 2.57. The van der Waals surface area contributed by atoms with Gasteiger partial charge in [0.2, 0.25) is 0 Å². The molecule has 0 bridgehead atoms. The smallest absolute Gasteiger partial charge is 0.120 e. The lowest BCUT2D eigenvalue weighted by molar-refractivity contribution is 0.216. The highest BCUT2D eigenvalue weighted by Crippen LogP contribution is 2.21. The Labute approximate surface area is 114 Å². The summed E-state index contributed by atoms with van der Waals surface area (Å²) in [7, 11) is 2.17. The Kier molecular flexibility index (Phi) is 4.87. The summed E-state index contributed by atoms with van der Waals surface area (Å²) < 4.78 is 0. The predicted octanol–water partition coefficient (Wildman–Crippen LogP) is 2.48. The molecular formula is C14H21ClN2O. The Morgan fingerprint density at radius 2 is 2.11 bits per heavy atom. The summed E-state index contributed by atoms with van der Waals surface area (Å²) in [5.74, 6) is 1.07. The van der Waals surface area contributed by atoms with Gasteiger partial charge in [0.1, 0.15) is 5.75 Å². The SMILES string of the molecule is CN1CCC(CNCc2cc(Cl)ccc2O)CC1. The topological polar surface area (TPSA) is 35.5 Å². The van der Waals surface area contributed by atoms with Gasteiger partial charge in [-0.05, 0) is 63.6 Å². The fraction of sp³-hybridized carbons (Fsp3) is 0.571. The third kappa shape index (κ3) is 3.87. The molecule has 0 spiro atoms. The number of hydrogen-bond acceptors (Lipinski definition) is 3. The van der Waals surface area contributed by atoms with Crippen LogP contribution >= 0.6 is 11.6 Å². The van der Waals surface area contributed by atoms with Crippen LogP contribution in [0.3, 0.4) is 0 Å². The van der Waals surface area contributed by atoms with E-state index < -0.39 is 0 Å². The van der Waals surface area contributed by atoms with Gasteiger partial charge in [-0.1, -0.05) is 11.6 Å². The molecule has 1 saturated heterocycles. The fourth-order valence-electron chi connectivity index (χ4n) is 2.37. The largest absolute Gasteiger partial charge is 0.508 e. The van der Waals surface area contributed by atoms with E-state index in [9.17, 15) is 5.11 Å². The molecule has 1 aromatic carbocycles. The lowest BCUT2D eigenvalue weighted by Gasteiger charge is -2.29. The molecule has 4 heteroatoms. The second kappa shape index (κ2) is 6.41. The van der Waals surface area contributed by atoms with Crippen molar-refractivity contribution in [3.05, 3.63) is 28.8 Å². The normalized spacial score (nSPS) is 18.1. The third-order valence-electron chi connectivity index (χ3n) is 3.63. The van der Waals surface area contributed by atoms with Crippen LogP contribution in [0, 0.1) is 5.92 Å². The van der Waals surface area contributed by atoms with Crippen molar-refractivity contribution in [1.29, 1.82) is 0 Å². The Hall–Kier alpha value is -0.770. The van der Waals surface area contributed by atoms with Crippen molar-refractivity contribution >= 4 is 11.6 Å². The zero-order valence-corrected chi connectivity index (χ0v) is 11.6. The van der Waals surface area contributed by atoms with E-state index in [4.69, 9.17) is 11.6 Å². The van der Waals surface area contributed by atoms with Crippen molar-refractivity contribution in [2.24, 2.45) is 5.92 Å². The molecule has 0 atom stereocenters. The molecule has 0 saturated carbocycles. The van der Waals surface area contributed by atoms with Crippen LogP contribution in [0.1, 0.15) is 18.4 Å². The molecule has 1 fully saturated rings. The third-order valence-corrected chi connectivity index (χ3v) is 3.86. The van der Waals surface area contributed by atoms with Crippen LogP contribution in [0.5, 0.6) is 5.75 Å². The minimum absolute atomic E-state index is 0.315. The first-order valence-electron chi connectivity index (χ1n) is 6.52. The quantitative estimate of drug-likeness (QED) is 0.881. The molecule has 1 aliphatic rings. The summed E-state index contributed by atoms with van der Waals surface area (Å²) in [6.07, 6.45) is 2.51. The second-order valence-corrected chi connectivity index (χ2v) is 5.59. The molecule has 1 aromatic rings. The van der Waals surface area contributed by atoms with Gasteiger partial charge in [-0.3, -0.25) is 0 Å². The van der Waals surface area contributed by atoms with Gasteiger partial charge in [-0.15, -0.1) is 0 Å². The van der Waals surface area contributed by atoms with Crippen LogP contribution < -0.4 is 5.32 Å². The number of phenols is 1. The highest BCUT2D eigenvalue weighted by atomic mass is 35.5. The molecule has 0 radical (unpaired) electrons. The number of nitrogens with one attached hydrogen (secondary N) is 1. The summed E-state index contributed by atoms with van der Waals surface area (Å²) in [5.41, 5.74) is 0.871. The van der Waals surface area contributed by atoms with E-state index in [0.29, 0.717) is 17.3 Å². The second-order valence-electron chi connectivity index (χ2n) is 5.15. The van der Waals surface area contributed by atoms with Crippen molar-refractivity contribution < 1.29 is 5.11 Å². The van der Waals surface area contributed by atoms with Crippen LogP contribution in [0.4, 0.5) is 0 Å². The summed E-state index contributed by atoms with van der Waals surface area (Å²) in [6, 6.07) is 5.17. The van der Waals surface area contributed by atoms with Crippen molar-refractivity contribution in [2.75, 3.05) is 26.7 Å². The van der Waals surface area contributed by atoms with E-state index >= 15 is 0 Å². The van der Waals surface area contributed by atoms with Gasteiger partial charge in [0, 0.05) is 17.1 Å². The maximum atomic E-state index is 9.70. The maximum absolute atomic E-state index is 9.70. The minimum atomic E-state index is 0.315. The lowest BCUT2D eigenvalue weighted by atomic mass is 9.97. The molecule has 3 nitrogen and oxygen atoms in total. The van der Waals surface area contributed by atoms with E-state index in [1.54, 1.807) is 12.1 Å². The van der Waals surface area contributed by atoms with E-state index in [1.807, 2.05) is 6.07 Å². The number of halogens is 1.